The van der Waals surface area contributed by atoms with Crippen LogP contribution in [-0.2, 0) is 0 Å². The molecular formula is C16H12ClNS. The van der Waals surface area contributed by atoms with Gasteiger partial charge < -0.3 is 0 Å². The van der Waals surface area contributed by atoms with Gasteiger partial charge in [0.15, 0.2) is 0 Å². The number of halogens is 1. The second-order valence-corrected chi connectivity index (χ2v) is 5.94. The summed E-state index contributed by atoms with van der Waals surface area (Å²) in [4.78, 5) is 6.79. The third-order valence-electron chi connectivity index (χ3n) is 2.91. The van der Waals surface area contributed by atoms with Gasteiger partial charge in [-0.25, -0.2) is 0 Å². The van der Waals surface area contributed by atoms with Crippen LogP contribution in [0.4, 0.5) is 0 Å². The van der Waals surface area contributed by atoms with Crippen LogP contribution in [-0.4, -0.2) is 4.98 Å². The highest BCUT2D eigenvalue weighted by Crippen LogP contribution is 2.33. The molecule has 0 bridgehead atoms. The monoisotopic (exact) mass is 285 g/mol. The van der Waals surface area contributed by atoms with Crippen LogP contribution in [0.25, 0.3) is 10.9 Å². The number of hydrogen-bond donors (Lipinski definition) is 0. The van der Waals surface area contributed by atoms with Crippen molar-refractivity contribution in [2.24, 2.45) is 0 Å². The van der Waals surface area contributed by atoms with E-state index in [4.69, 9.17) is 11.6 Å². The molecule has 0 saturated carbocycles. The fourth-order valence-electron chi connectivity index (χ4n) is 1.92. The summed E-state index contributed by atoms with van der Waals surface area (Å²) < 4.78 is 0. The predicted molar refractivity (Wildman–Crippen MR) is 82.1 cm³/mol. The third kappa shape index (κ3) is 2.75. The van der Waals surface area contributed by atoms with Crippen LogP contribution >= 0.6 is 23.4 Å². The van der Waals surface area contributed by atoms with Gasteiger partial charge >= 0.3 is 0 Å². The molecule has 0 saturated heterocycles. The second kappa shape index (κ2) is 5.24. The first-order chi connectivity index (χ1) is 9.22. The zero-order chi connectivity index (χ0) is 13.2. The average Bonchev–Trinajstić information content (AvgIpc) is 2.41. The average molecular weight is 286 g/mol. The molecule has 3 rings (SSSR count). The Morgan fingerprint density at radius 2 is 1.79 bits per heavy atom. The van der Waals surface area contributed by atoms with Crippen LogP contribution in [0.2, 0.25) is 5.02 Å². The predicted octanol–water partition coefficient (Wildman–Crippen LogP) is 5.35. The molecular weight excluding hydrogens is 274 g/mol. The molecule has 0 N–H and O–H groups in total. The lowest BCUT2D eigenvalue weighted by atomic mass is 10.2. The number of pyridine rings is 1. The molecule has 0 unspecified atom stereocenters. The zero-order valence-electron chi connectivity index (χ0n) is 10.4. The van der Waals surface area contributed by atoms with Gasteiger partial charge in [-0.3, -0.25) is 4.98 Å². The highest BCUT2D eigenvalue weighted by atomic mass is 35.5. The minimum absolute atomic E-state index is 0.720. The fourth-order valence-corrected chi connectivity index (χ4v) is 3.02. The molecule has 0 aliphatic carbocycles. The van der Waals surface area contributed by atoms with Crippen molar-refractivity contribution in [1.82, 2.24) is 4.98 Å². The molecule has 0 spiro atoms. The van der Waals surface area contributed by atoms with Crippen molar-refractivity contribution < 1.29 is 0 Å². The lowest BCUT2D eigenvalue weighted by molar-refractivity contribution is 1.34. The van der Waals surface area contributed by atoms with Gasteiger partial charge in [-0.15, -0.1) is 0 Å². The van der Waals surface area contributed by atoms with E-state index in [1.807, 2.05) is 30.5 Å². The minimum Gasteiger partial charge on any atom is -0.256 e. The molecule has 1 heterocycles. The molecule has 3 aromatic rings. The van der Waals surface area contributed by atoms with Gasteiger partial charge in [-0.05, 0) is 37.3 Å². The van der Waals surface area contributed by atoms with E-state index in [2.05, 4.69) is 36.2 Å². The molecule has 0 radical (unpaired) electrons. The Morgan fingerprint density at radius 1 is 1.00 bits per heavy atom. The van der Waals surface area contributed by atoms with Crippen LogP contribution in [0.1, 0.15) is 5.56 Å². The fraction of sp³-hybridized carbons (Fsp3) is 0.0625. The summed E-state index contributed by atoms with van der Waals surface area (Å²) in [5.41, 5.74) is 2.21. The Labute approximate surface area is 121 Å². The van der Waals surface area contributed by atoms with E-state index in [1.165, 1.54) is 15.4 Å². The Balaban J connectivity index is 2.03. The molecule has 2 aromatic carbocycles. The number of nitrogens with zero attached hydrogens (tertiary/aromatic N) is 1. The SMILES string of the molecule is Cc1ccc(Sc2ccnc3cc(Cl)ccc23)cc1. The molecule has 0 fully saturated rings. The number of rotatable bonds is 2. The summed E-state index contributed by atoms with van der Waals surface area (Å²) in [5.74, 6) is 0. The normalized spacial score (nSPS) is 10.8. The largest absolute Gasteiger partial charge is 0.256 e. The molecule has 0 aliphatic heterocycles. The van der Waals surface area contributed by atoms with Gasteiger partial charge in [0.1, 0.15) is 0 Å². The van der Waals surface area contributed by atoms with Gasteiger partial charge in [0, 0.05) is 26.4 Å². The Kier molecular flexibility index (Phi) is 3.45. The van der Waals surface area contributed by atoms with E-state index in [9.17, 15) is 0 Å². The van der Waals surface area contributed by atoms with E-state index in [0.29, 0.717) is 0 Å². The molecule has 1 aromatic heterocycles. The number of aryl methyl sites for hydroxylation is 1. The molecule has 94 valence electrons. The summed E-state index contributed by atoms with van der Waals surface area (Å²) in [7, 11) is 0. The molecule has 0 amide bonds. The zero-order valence-corrected chi connectivity index (χ0v) is 12.0. The number of fused-ring (bicyclic) bond motifs is 1. The summed E-state index contributed by atoms with van der Waals surface area (Å²) in [6.07, 6.45) is 1.83. The molecule has 3 heteroatoms. The van der Waals surface area contributed by atoms with E-state index in [1.54, 1.807) is 11.8 Å². The summed E-state index contributed by atoms with van der Waals surface area (Å²) in [5, 5.41) is 1.86. The minimum atomic E-state index is 0.720. The van der Waals surface area contributed by atoms with E-state index in [-0.39, 0.29) is 0 Å². The number of benzene rings is 2. The Morgan fingerprint density at radius 3 is 2.58 bits per heavy atom. The lowest BCUT2D eigenvalue weighted by Crippen LogP contribution is -1.82. The maximum atomic E-state index is 6.00. The van der Waals surface area contributed by atoms with Gasteiger partial charge in [-0.1, -0.05) is 47.1 Å². The second-order valence-electron chi connectivity index (χ2n) is 4.39. The van der Waals surface area contributed by atoms with Crippen molar-refractivity contribution in [1.29, 1.82) is 0 Å². The first-order valence-corrected chi connectivity index (χ1v) is 7.20. The van der Waals surface area contributed by atoms with Gasteiger partial charge in [-0.2, -0.15) is 0 Å². The highest BCUT2D eigenvalue weighted by Gasteiger charge is 2.04. The molecule has 0 atom stereocenters. The van der Waals surface area contributed by atoms with Crippen LogP contribution in [0.5, 0.6) is 0 Å². The van der Waals surface area contributed by atoms with Gasteiger partial charge in [0.25, 0.3) is 0 Å². The van der Waals surface area contributed by atoms with Crippen LogP contribution in [0.15, 0.2) is 64.5 Å². The van der Waals surface area contributed by atoms with E-state index < -0.39 is 0 Å². The maximum Gasteiger partial charge on any atom is 0.0728 e. The standard InChI is InChI=1S/C16H12ClNS/c1-11-2-5-13(6-3-11)19-16-8-9-18-15-10-12(17)4-7-14(15)16/h2-10H,1H3. The summed E-state index contributed by atoms with van der Waals surface area (Å²) in [6, 6.07) is 16.4. The molecule has 1 nitrogen and oxygen atoms in total. The molecule has 19 heavy (non-hydrogen) atoms. The van der Waals surface area contributed by atoms with Crippen LogP contribution in [0.3, 0.4) is 0 Å². The summed E-state index contributed by atoms with van der Waals surface area (Å²) in [6.45, 7) is 2.10. The van der Waals surface area contributed by atoms with Crippen molar-refractivity contribution in [2.45, 2.75) is 16.7 Å². The third-order valence-corrected chi connectivity index (χ3v) is 4.23. The van der Waals surface area contributed by atoms with Gasteiger partial charge in [0.2, 0.25) is 0 Å². The molecule has 0 aliphatic rings. The van der Waals surface area contributed by atoms with Crippen molar-refractivity contribution >= 4 is 34.3 Å². The first-order valence-electron chi connectivity index (χ1n) is 6.01. The first kappa shape index (κ1) is 12.5. The Hall–Kier alpha value is -1.51. The number of aromatic nitrogens is 1. The number of hydrogen-bond acceptors (Lipinski definition) is 2. The summed E-state index contributed by atoms with van der Waals surface area (Å²) >= 11 is 7.75. The van der Waals surface area contributed by atoms with Crippen LogP contribution in [0, 0.1) is 6.92 Å². The quantitative estimate of drug-likeness (QED) is 0.630. The Bertz CT molecular complexity index is 722. The topological polar surface area (TPSA) is 12.9 Å². The van der Waals surface area contributed by atoms with E-state index in [0.717, 1.165) is 15.9 Å². The highest BCUT2D eigenvalue weighted by molar-refractivity contribution is 7.99. The van der Waals surface area contributed by atoms with Crippen molar-refractivity contribution in [3.63, 3.8) is 0 Å². The maximum absolute atomic E-state index is 6.00. The lowest BCUT2D eigenvalue weighted by Gasteiger charge is -2.06. The van der Waals surface area contributed by atoms with Crippen LogP contribution < -0.4 is 0 Å². The van der Waals surface area contributed by atoms with E-state index >= 15 is 0 Å². The smallest absolute Gasteiger partial charge is 0.0728 e. The van der Waals surface area contributed by atoms with Crippen molar-refractivity contribution in [2.75, 3.05) is 0 Å². The van der Waals surface area contributed by atoms with Gasteiger partial charge in [0.05, 0.1) is 5.52 Å². The van der Waals surface area contributed by atoms with Crippen molar-refractivity contribution in [3.8, 4) is 0 Å². The van der Waals surface area contributed by atoms with Crippen molar-refractivity contribution in [3.05, 3.63) is 65.3 Å².